The van der Waals surface area contributed by atoms with E-state index in [0.29, 0.717) is 6.07 Å². The van der Waals surface area contributed by atoms with Gasteiger partial charge in [0, 0.05) is 0 Å². The highest BCUT2D eigenvalue weighted by atomic mass is 16.6. The van der Waals surface area contributed by atoms with Crippen LogP contribution in [-0.2, 0) is 28.5 Å². The molecule has 0 aromatic heterocycles. The summed E-state index contributed by atoms with van der Waals surface area (Å²) in [5.74, 6) is -4.61. The highest BCUT2D eigenvalue weighted by Gasteiger charge is 2.40. The normalized spacial score (nSPS) is 11.9. The Kier molecular flexibility index (Phi) is 10.4. The lowest BCUT2D eigenvalue weighted by Crippen LogP contribution is -2.26. The van der Waals surface area contributed by atoms with Gasteiger partial charge in [-0.15, -0.1) is 0 Å². The molecule has 0 amide bonds. The third kappa shape index (κ3) is 7.29. The van der Waals surface area contributed by atoms with E-state index in [1.807, 2.05) is 0 Å². The van der Waals surface area contributed by atoms with Gasteiger partial charge < -0.3 is 18.9 Å². The average molecular weight is 581 g/mol. The number of carbonyl (C=O) groups is 4. The maximum atomic E-state index is 13.0. The highest BCUT2D eigenvalue weighted by molar-refractivity contribution is 5.93. The fraction of sp³-hybridized carbons (Fsp3) is 0.214. The molecule has 0 aliphatic heterocycles. The molecule has 0 heterocycles. The molecule has 0 saturated heterocycles. The van der Waals surface area contributed by atoms with E-state index in [4.69, 9.17) is 18.9 Å². The van der Waals surface area contributed by atoms with E-state index in [9.17, 15) is 39.4 Å². The molecular formula is C28H24N2O12. The third-order valence-corrected chi connectivity index (χ3v) is 5.60. The number of nitro benzene ring substituents is 2. The Morgan fingerprint density at radius 1 is 0.643 bits per heavy atom. The zero-order valence-corrected chi connectivity index (χ0v) is 22.3. The van der Waals surface area contributed by atoms with Crippen LogP contribution in [0.5, 0.6) is 0 Å². The summed E-state index contributed by atoms with van der Waals surface area (Å²) in [6.07, 6.45) is -4.21. The van der Waals surface area contributed by atoms with E-state index in [1.165, 1.54) is 62.4 Å². The predicted octanol–water partition coefficient (Wildman–Crippen LogP) is 4.43. The molecule has 0 unspecified atom stereocenters. The van der Waals surface area contributed by atoms with Gasteiger partial charge in [0.1, 0.15) is 0 Å². The van der Waals surface area contributed by atoms with Gasteiger partial charge in [-0.05, 0) is 44.2 Å². The minimum atomic E-state index is -2.11. The van der Waals surface area contributed by atoms with Crippen LogP contribution in [-0.4, -0.2) is 46.9 Å². The van der Waals surface area contributed by atoms with Crippen LogP contribution >= 0.6 is 0 Å². The van der Waals surface area contributed by atoms with Crippen molar-refractivity contribution in [3.8, 4) is 0 Å². The SMILES string of the molecule is CCOC(=O)[C@@H](OC(=O)c1ccccc1)c1cc([C@H](OC(=O)c2ccccc2)C(=O)OCC)c([N+](=O)[O-])cc1[N+](=O)[O-]. The average Bonchev–Trinajstić information content (AvgIpc) is 2.98. The number of nitro groups is 2. The Hall–Kier alpha value is -5.66. The first kappa shape index (κ1) is 30.9. The number of ether oxygens (including phenoxy) is 4. The first-order valence-electron chi connectivity index (χ1n) is 12.4. The van der Waals surface area contributed by atoms with Crippen LogP contribution < -0.4 is 0 Å². The molecule has 0 bridgehead atoms. The molecule has 0 aliphatic rings. The van der Waals surface area contributed by atoms with E-state index in [-0.39, 0.29) is 24.3 Å². The van der Waals surface area contributed by atoms with Crippen LogP contribution in [0.2, 0.25) is 0 Å². The molecule has 0 spiro atoms. The number of hydrogen-bond acceptors (Lipinski definition) is 12. The summed E-state index contributed by atoms with van der Waals surface area (Å²) in [5.41, 5.74) is -3.37. The Morgan fingerprint density at radius 2 is 1.00 bits per heavy atom. The first-order chi connectivity index (χ1) is 20.1. The van der Waals surface area contributed by atoms with Crippen molar-refractivity contribution in [3.63, 3.8) is 0 Å². The van der Waals surface area contributed by atoms with Gasteiger partial charge in [0.2, 0.25) is 12.2 Å². The molecule has 0 fully saturated rings. The lowest BCUT2D eigenvalue weighted by molar-refractivity contribution is -0.395. The second-order valence-electron chi connectivity index (χ2n) is 8.29. The monoisotopic (exact) mass is 580 g/mol. The van der Waals surface area contributed by atoms with Crippen LogP contribution in [0.4, 0.5) is 11.4 Å². The number of nitrogens with zero attached hydrogens (tertiary/aromatic N) is 2. The quantitative estimate of drug-likeness (QED) is 0.127. The highest BCUT2D eigenvalue weighted by Crippen LogP contribution is 2.39. The zero-order chi connectivity index (χ0) is 30.8. The molecule has 42 heavy (non-hydrogen) atoms. The molecule has 14 nitrogen and oxygen atoms in total. The van der Waals surface area contributed by atoms with Crippen LogP contribution in [0.15, 0.2) is 72.8 Å². The molecule has 0 aliphatic carbocycles. The van der Waals surface area contributed by atoms with Gasteiger partial charge >= 0.3 is 23.9 Å². The number of carbonyl (C=O) groups excluding carboxylic acids is 4. The summed E-state index contributed by atoms with van der Waals surface area (Å²) in [6.45, 7) is 2.44. The van der Waals surface area contributed by atoms with Crippen molar-refractivity contribution in [3.05, 3.63) is 115 Å². The number of hydrogen-bond donors (Lipinski definition) is 0. The maximum Gasteiger partial charge on any atom is 0.352 e. The van der Waals surface area contributed by atoms with Gasteiger partial charge in [0.25, 0.3) is 11.4 Å². The first-order valence-corrected chi connectivity index (χ1v) is 12.4. The fourth-order valence-corrected chi connectivity index (χ4v) is 3.76. The summed E-state index contributed by atoms with van der Waals surface area (Å²) in [4.78, 5) is 73.6. The van der Waals surface area contributed by atoms with E-state index in [0.717, 1.165) is 6.07 Å². The zero-order valence-electron chi connectivity index (χ0n) is 22.3. The van der Waals surface area contributed by atoms with Crippen molar-refractivity contribution >= 4 is 35.3 Å². The van der Waals surface area contributed by atoms with Crippen LogP contribution in [0.3, 0.4) is 0 Å². The smallest absolute Gasteiger partial charge is 0.352 e. The lowest BCUT2D eigenvalue weighted by atomic mass is 9.98. The lowest BCUT2D eigenvalue weighted by Gasteiger charge is -2.20. The van der Waals surface area contributed by atoms with Gasteiger partial charge in [-0.25, -0.2) is 19.2 Å². The predicted molar refractivity (Wildman–Crippen MR) is 142 cm³/mol. The van der Waals surface area contributed by atoms with Gasteiger partial charge in [-0.2, -0.15) is 0 Å². The summed E-state index contributed by atoms with van der Waals surface area (Å²) in [6, 6.07) is 15.9. The van der Waals surface area contributed by atoms with Gasteiger partial charge in [0.15, 0.2) is 0 Å². The van der Waals surface area contributed by atoms with E-state index in [2.05, 4.69) is 0 Å². The number of rotatable bonds is 12. The van der Waals surface area contributed by atoms with E-state index < -0.39 is 68.4 Å². The topological polar surface area (TPSA) is 191 Å². The summed E-state index contributed by atoms with van der Waals surface area (Å²) >= 11 is 0. The molecule has 3 rings (SSSR count). The molecule has 0 radical (unpaired) electrons. The third-order valence-electron chi connectivity index (χ3n) is 5.60. The van der Waals surface area contributed by atoms with E-state index >= 15 is 0 Å². The van der Waals surface area contributed by atoms with Crippen molar-refractivity contribution in [2.45, 2.75) is 26.1 Å². The van der Waals surface area contributed by atoms with Crippen LogP contribution in [0.25, 0.3) is 0 Å². The Morgan fingerprint density at radius 3 is 1.31 bits per heavy atom. The minimum absolute atomic E-state index is 0.0159. The summed E-state index contributed by atoms with van der Waals surface area (Å²) in [5, 5.41) is 24.1. The molecule has 3 aromatic rings. The second-order valence-corrected chi connectivity index (χ2v) is 8.29. The fourth-order valence-electron chi connectivity index (χ4n) is 3.76. The molecular weight excluding hydrogens is 556 g/mol. The molecule has 14 heteroatoms. The Balaban J connectivity index is 2.24. The molecule has 0 N–H and O–H groups in total. The number of benzene rings is 3. The van der Waals surface area contributed by atoms with Crippen LogP contribution in [0, 0.1) is 20.2 Å². The largest absolute Gasteiger partial charge is 0.463 e. The summed E-state index contributed by atoms with van der Waals surface area (Å²) in [7, 11) is 0. The second kappa shape index (κ2) is 14.1. The number of esters is 4. The summed E-state index contributed by atoms with van der Waals surface area (Å²) < 4.78 is 20.6. The minimum Gasteiger partial charge on any atom is -0.463 e. The van der Waals surface area contributed by atoms with Crippen molar-refractivity contribution in [2.75, 3.05) is 13.2 Å². The van der Waals surface area contributed by atoms with E-state index in [1.54, 1.807) is 12.1 Å². The van der Waals surface area contributed by atoms with Gasteiger partial charge in [0.05, 0.1) is 51.4 Å². The Bertz CT molecular complexity index is 1380. The molecule has 2 atom stereocenters. The van der Waals surface area contributed by atoms with Gasteiger partial charge in [-0.1, -0.05) is 36.4 Å². The van der Waals surface area contributed by atoms with Crippen molar-refractivity contribution < 1.29 is 48.0 Å². The molecule has 0 saturated carbocycles. The van der Waals surface area contributed by atoms with Gasteiger partial charge in [-0.3, -0.25) is 20.2 Å². The Labute approximate surface area is 238 Å². The maximum absolute atomic E-state index is 13.0. The standard InChI is InChI=1S/C28H24N2O12/c1-3-39-27(33)23(41-25(31)17-11-7-5-8-12-17)19-15-20(22(30(37)38)16-21(19)29(35)36)24(28(34)40-4-2)42-26(32)18-13-9-6-10-14-18/h5-16,23-24H,3-4H2,1-2H3/t23-,24-/m0/s1. The molecule has 3 aromatic carbocycles. The molecule has 218 valence electrons. The van der Waals surface area contributed by atoms with Crippen molar-refractivity contribution in [1.82, 2.24) is 0 Å². The van der Waals surface area contributed by atoms with Crippen molar-refractivity contribution in [2.24, 2.45) is 0 Å². The van der Waals surface area contributed by atoms with Crippen molar-refractivity contribution in [1.29, 1.82) is 0 Å². The van der Waals surface area contributed by atoms with Crippen LogP contribution in [0.1, 0.15) is 57.9 Å².